The van der Waals surface area contributed by atoms with Gasteiger partial charge in [0, 0.05) is 24.8 Å². The molecule has 0 radical (unpaired) electrons. The van der Waals surface area contributed by atoms with Crippen LogP contribution in [0.4, 0.5) is 8.78 Å². The van der Waals surface area contributed by atoms with Gasteiger partial charge >= 0.3 is 0 Å². The van der Waals surface area contributed by atoms with Gasteiger partial charge in [0.15, 0.2) is 11.6 Å². The lowest BCUT2D eigenvalue weighted by Crippen LogP contribution is -2.44. The van der Waals surface area contributed by atoms with Gasteiger partial charge in [0.05, 0.1) is 30.9 Å². The number of aromatic nitrogens is 2. The standard InChI is InChI=1S/C15H16F2N4O3S/c1-25(23,24)19-6-12-8-20(7-11-5-18-9-21(11)12)15(22)10-2-3-13(16)14(17)4-10/h2-5,9,12,19H,6-8H2,1H3. The Morgan fingerprint density at radius 3 is 2.80 bits per heavy atom. The highest BCUT2D eigenvalue weighted by atomic mass is 32.2. The summed E-state index contributed by atoms with van der Waals surface area (Å²) in [6.45, 7) is 0.542. The van der Waals surface area contributed by atoms with Crippen molar-refractivity contribution in [3.8, 4) is 0 Å². The number of nitrogens with zero attached hydrogens (tertiary/aromatic N) is 3. The van der Waals surface area contributed by atoms with Gasteiger partial charge in [-0.25, -0.2) is 26.9 Å². The van der Waals surface area contributed by atoms with Gasteiger partial charge in [0.2, 0.25) is 10.0 Å². The largest absolute Gasteiger partial charge is 0.331 e. The van der Waals surface area contributed by atoms with Crippen LogP contribution in [0.3, 0.4) is 0 Å². The van der Waals surface area contributed by atoms with Crippen molar-refractivity contribution in [2.75, 3.05) is 19.3 Å². The average molecular weight is 370 g/mol. The number of imidazole rings is 1. The Morgan fingerprint density at radius 2 is 2.12 bits per heavy atom. The van der Waals surface area contributed by atoms with Crippen LogP contribution < -0.4 is 4.72 Å². The maximum absolute atomic E-state index is 13.4. The number of nitrogens with one attached hydrogen (secondary N) is 1. The van der Waals surface area contributed by atoms with Crippen molar-refractivity contribution in [1.29, 1.82) is 0 Å². The minimum atomic E-state index is -3.39. The van der Waals surface area contributed by atoms with Gasteiger partial charge in [-0.2, -0.15) is 0 Å². The number of carbonyl (C=O) groups is 1. The molecule has 0 fully saturated rings. The first kappa shape index (κ1) is 17.5. The van der Waals surface area contributed by atoms with Crippen LogP contribution in [-0.2, 0) is 16.6 Å². The summed E-state index contributed by atoms with van der Waals surface area (Å²) >= 11 is 0. The summed E-state index contributed by atoms with van der Waals surface area (Å²) in [5.74, 6) is -2.58. The van der Waals surface area contributed by atoms with Gasteiger partial charge in [-0.15, -0.1) is 0 Å². The molecule has 2 heterocycles. The fraction of sp³-hybridized carbons (Fsp3) is 0.333. The van der Waals surface area contributed by atoms with E-state index in [-0.39, 0.29) is 31.2 Å². The summed E-state index contributed by atoms with van der Waals surface area (Å²) in [5.41, 5.74) is 0.754. The Balaban J connectivity index is 1.83. The summed E-state index contributed by atoms with van der Waals surface area (Å²) in [6, 6.07) is 2.62. The molecule has 1 N–H and O–H groups in total. The lowest BCUT2D eigenvalue weighted by atomic mass is 10.1. The van der Waals surface area contributed by atoms with Gasteiger partial charge in [0.1, 0.15) is 0 Å². The molecule has 1 unspecified atom stereocenters. The van der Waals surface area contributed by atoms with Gasteiger partial charge in [-0.1, -0.05) is 0 Å². The van der Waals surface area contributed by atoms with Gasteiger partial charge < -0.3 is 9.47 Å². The van der Waals surface area contributed by atoms with Crippen LogP contribution in [0.2, 0.25) is 0 Å². The maximum Gasteiger partial charge on any atom is 0.254 e. The summed E-state index contributed by atoms with van der Waals surface area (Å²) in [6.07, 6.45) is 4.20. The fourth-order valence-corrected chi connectivity index (χ4v) is 3.26. The summed E-state index contributed by atoms with van der Waals surface area (Å²) in [5, 5.41) is 0. The lowest BCUT2D eigenvalue weighted by Gasteiger charge is -2.34. The van der Waals surface area contributed by atoms with Crippen molar-refractivity contribution in [3.05, 3.63) is 53.6 Å². The zero-order valence-electron chi connectivity index (χ0n) is 13.3. The first-order chi connectivity index (χ1) is 11.7. The van der Waals surface area contributed by atoms with E-state index < -0.39 is 27.6 Å². The third-order valence-corrected chi connectivity index (χ3v) is 4.65. The Morgan fingerprint density at radius 1 is 1.36 bits per heavy atom. The van der Waals surface area contributed by atoms with E-state index in [9.17, 15) is 22.0 Å². The number of hydrogen-bond donors (Lipinski definition) is 1. The summed E-state index contributed by atoms with van der Waals surface area (Å²) in [4.78, 5) is 18.1. The number of rotatable bonds is 4. The molecule has 0 saturated heterocycles. The first-order valence-electron chi connectivity index (χ1n) is 7.44. The third-order valence-electron chi connectivity index (χ3n) is 3.96. The van der Waals surface area contributed by atoms with Gasteiger partial charge in [-0.05, 0) is 18.2 Å². The molecule has 3 rings (SSSR count). The van der Waals surface area contributed by atoms with E-state index >= 15 is 0 Å². The number of benzene rings is 1. The van der Waals surface area contributed by atoms with E-state index in [4.69, 9.17) is 0 Å². The molecular weight excluding hydrogens is 354 g/mol. The van der Waals surface area contributed by atoms with Crippen LogP contribution in [0.15, 0.2) is 30.7 Å². The van der Waals surface area contributed by atoms with Crippen LogP contribution >= 0.6 is 0 Å². The fourth-order valence-electron chi connectivity index (χ4n) is 2.76. The van der Waals surface area contributed by atoms with Crippen LogP contribution in [0, 0.1) is 11.6 Å². The SMILES string of the molecule is CS(=O)(=O)NCC1CN(C(=O)c2ccc(F)c(F)c2)Cc2cncn21. The molecule has 1 aliphatic rings. The number of hydrogen-bond acceptors (Lipinski definition) is 4. The number of amides is 1. The van der Waals surface area contributed by atoms with Crippen LogP contribution in [0.1, 0.15) is 22.1 Å². The van der Waals surface area contributed by atoms with Crippen LogP contribution in [0.5, 0.6) is 0 Å². The number of fused-ring (bicyclic) bond motifs is 1. The molecule has 1 aromatic heterocycles. The van der Waals surface area contributed by atoms with Crippen molar-refractivity contribution >= 4 is 15.9 Å². The number of sulfonamides is 1. The topological polar surface area (TPSA) is 84.3 Å². The molecule has 1 atom stereocenters. The highest BCUT2D eigenvalue weighted by molar-refractivity contribution is 7.88. The molecule has 7 nitrogen and oxygen atoms in total. The van der Waals surface area contributed by atoms with E-state index in [1.165, 1.54) is 11.0 Å². The van der Waals surface area contributed by atoms with Crippen molar-refractivity contribution in [3.63, 3.8) is 0 Å². The summed E-state index contributed by atoms with van der Waals surface area (Å²) in [7, 11) is -3.39. The second-order valence-corrected chi connectivity index (χ2v) is 7.71. The molecule has 134 valence electrons. The van der Waals surface area contributed by atoms with E-state index in [1.54, 1.807) is 17.1 Å². The maximum atomic E-state index is 13.4. The van der Waals surface area contributed by atoms with E-state index in [0.29, 0.717) is 0 Å². The van der Waals surface area contributed by atoms with E-state index in [0.717, 1.165) is 24.1 Å². The summed E-state index contributed by atoms with van der Waals surface area (Å²) < 4.78 is 53.3. The van der Waals surface area contributed by atoms with Crippen LogP contribution in [-0.4, -0.2) is 48.1 Å². The molecule has 0 aliphatic carbocycles. The van der Waals surface area contributed by atoms with Gasteiger partial charge in [-0.3, -0.25) is 4.79 Å². The number of carbonyl (C=O) groups excluding carboxylic acids is 1. The minimum Gasteiger partial charge on any atom is -0.331 e. The van der Waals surface area contributed by atoms with Crippen molar-refractivity contribution < 1.29 is 22.0 Å². The van der Waals surface area contributed by atoms with Gasteiger partial charge in [0.25, 0.3) is 5.91 Å². The Hall–Kier alpha value is -2.33. The molecule has 1 aromatic carbocycles. The first-order valence-corrected chi connectivity index (χ1v) is 9.33. The smallest absolute Gasteiger partial charge is 0.254 e. The van der Waals surface area contributed by atoms with Crippen molar-refractivity contribution in [1.82, 2.24) is 19.2 Å². The molecule has 1 amide bonds. The van der Waals surface area contributed by atoms with E-state index in [2.05, 4.69) is 9.71 Å². The number of halogens is 2. The zero-order valence-corrected chi connectivity index (χ0v) is 14.1. The molecule has 10 heteroatoms. The molecular formula is C15H16F2N4O3S. The normalized spacial score (nSPS) is 17.4. The second-order valence-electron chi connectivity index (χ2n) is 5.88. The highest BCUT2D eigenvalue weighted by Gasteiger charge is 2.29. The molecule has 25 heavy (non-hydrogen) atoms. The quantitative estimate of drug-likeness (QED) is 0.867. The third kappa shape index (κ3) is 3.85. The highest BCUT2D eigenvalue weighted by Crippen LogP contribution is 2.23. The lowest BCUT2D eigenvalue weighted by molar-refractivity contribution is 0.0680. The monoisotopic (exact) mass is 370 g/mol. The Kier molecular flexibility index (Phi) is 4.56. The van der Waals surface area contributed by atoms with Crippen molar-refractivity contribution in [2.24, 2.45) is 0 Å². The molecule has 0 bridgehead atoms. The average Bonchev–Trinajstić information content (AvgIpc) is 3.02. The van der Waals surface area contributed by atoms with Crippen LogP contribution in [0.25, 0.3) is 0 Å². The zero-order chi connectivity index (χ0) is 18.2. The molecule has 2 aromatic rings. The second kappa shape index (κ2) is 6.52. The minimum absolute atomic E-state index is 0.0293. The predicted octanol–water partition coefficient (Wildman–Crippen LogP) is 0.908. The van der Waals surface area contributed by atoms with E-state index in [1.807, 2.05) is 0 Å². The Labute approximate surface area is 143 Å². The van der Waals surface area contributed by atoms with Crippen molar-refractivity contribution in [2.45, 2.75) is 12.6 Å². The molecule has 0 spiro atoms. The molecule has 1 aliphatic heterocycles. The Bertz CT molecular complexity index is 913. The molecule has 0 saturated carbocycles. The predicted molar refractivity (Wildman–Crippen MR) is 85.2 cm³/mol.